The van der Waals surface area contributed by atoms with Crippen LogP contribution in [0, 0.1) is 5.92 Å². The fourth-order valence-electron chi connectivity index (χ4n) is 1.95. The molecule has 1 rings (SSSR count). The molecule has 0 saturated carbocycles. The zero-order valence-corrected chi connectivity index (χ0v) is 13.0. The summed E-state index contributed by atoms with van der Waals surface area (Å²) in [6.45, 7) is 6.63. The number of nitrogens with zero attached hydrogens (tertiary/aromatic N) is 1. The second-order valence-corrected chi connectivity index (χ2v) is 6.20. The van der Waals surface area contributed by atoms with Gasteiger partial charge in [-0.3, -0.25) is 4.79 Å². The smallest absolute Gasteiger partial charge is 0.246 e. The summed E-state index contributed by atoms with van der Waals surface area (Å²) in [5.74, 6) is 0.373. The van der Waals surface area contributed by atoms with Crippen molar-refractivity contribution < 1.29 is 4.79 Å². The first-order chi connectivity index (χ1) is 8.25. The van der Waals surface area contributed by atoms with E-state index < -0.39 is 5.54 Å². The number of hydrogen-bond donors (Lipinski definition) is 1. The fraction of sp³-hybridized carbons (Fsp3) is 0.500. The van der Waals surface area contributed by atoms with Crippen LogP contribution in [0.1, 0.15) is 26.3 Å². The summed E-state index contributed by atoms with van der Waals surface area (Å²) in [5, 5.41) is 0. The Bertz CT molecular complexity index is 412. The Morgan fingerprint density at radius 2 is 1.89 bits per heavy atom. The van der Waals surface area contributed by atoms with E-state index in [-0.39, 0.29) is 5.91 Å². The first-order valence-corrected chi connectivity index (χ1v) is 6.85. The topological polar surface area (TPSA) is 46.3 Å². The van der Waals surface area contributed by atoms with E-state index in [9.17, 15) is 4.79 Å². The number of benzene rings is 1. The minimum atomic E-state index is -0.982. The average molecular weight is 313 g/mol. The SMILES string of the molecule is CC(C)CN(C)C(=O)C(C)(N)c1ccc(Br)cc1. The normalized spacial score (nSPS) is 14.4. The molecule has 4 heteroatoms. The molecule has 0 bridgehead atoms. The lowest BCUT2D eigenvalue weighted by Gasteiger charge is -2.30. The summed E-state index contributed by atoms with van der Waals surface area (Å²) in [5.41, 5.74) is 6.05. The molecular weight excluding hydrogens is 292 g/mol. The maximum absolute atomic E-state index is 12.4. The lowest BCUT2D eigenvalue weighted by atomic mass is 9.91. The number of nitrogens with two attached hydrogens (primary N) is 1. The Labute approximate surface area is 117 Å². The van der Waals surface area contributed by atoms with Gasteiger partial charge in [0.15, 0.2) is 0 Å². The molecule has 1 aromatic rings. The first kappa shape index (κ1) is 15.2. The summed E-state index contributed by atoms with van der Waals surface area (Å²) in [4.78, 5) is 14.1. The Hall–Kier alpha value is -0.870. The van der Waals surface area contributed by atoms with Gasteiger partial charge in [-0.1, -0.05) is 41.9 Å². The van der Waals surface area contributed by atoms with E-state index in [1.165, 1.54) is 0 Å². The molecule has 0 aliphatic rings. The van der Waals surface area contributed by atoms with Crippen molar-refractivity contribution in [3.63, 3.8) is 0 Å². The Kier molecular flexibility index (Phi) is 4.93. The van der Waals surface area contributed by atoms with Crippen molar-refractivity contribution in [3.05, 3.63) is 34.3 Å². The van der Waals surface area contributed by atoms with Gasteiger partial charge in [0.25, 0.3) is 0 Å². The molecule has 0 saturated heterocycles. The van der Waals surface area contributed by atoms with Gasteiger partial charge in [0.05, 0.1) is 0 Å². The molecular formula is C14H21BrN2O. The summed E-state index contributed by atoms with van der Waals surface area (Å²) < 4.78 is 0.977. The molecule has 1 aromatic carbocycles. The molecule has 100 valence electrons. The van der Waals surface area contributed by atoms with Gasteiger partial charge in [-0.05, 0) is 30.5 Å². The van der Waals surface area contributed by atoms with Crippen molar-refractivity contribution in [1.29, 1.82) is 0 Å². The van der Waals surface area contributed by atoms with E-state index in [0.717, 1.165) is 10.0 Å². The van der Waals surface area contributed by atoms with Crippen molar-refractivity contribution >= 4 is 21.8 Å². The molecule has 0 heterocycles. The highest BCUT2D eigenvalue weighted by atomic mass is 79.9. The zero-order valence-electron chi connectivity index (χ0n) is 11.4. The van der Waals surface area contributed by atoms with Gasteiger partial charge < -0.3 is 10.6 Å². The molecule has 0 spiro atoms. The van der Waals surface area contributed by atoms with Crippen LogP contribution in [-0.2, 0) is 10.3 Å². The van der Waals surface area contributed by atoms with Crippen LogP contribution < -0.4 is 5.73 Å². The molecule has 3 nitrogen and oxygen atoms in total. The zero-order chi connectivity index (χ0) is 13.9. The van der Waals surface area contributed by atoms with Crippen LogP contribution in [0.3, 0.4) is 0 Å². The minimum absolute atomic E-state index is 0.0569. The monoisotopic (exact) mass is 312 g/mol. The first-order valence-electron chi connectivity index (χ1n) is 6.05. The van der Waals surface area contributed by atoms with Gasteiger partial charge in [0, 0.05) is 18.1 Å². The van der Waals surface area contributed by atoms with Crippen LogP contribution in [0.5, 0.6) is 0 Å². The van der Waals surface area contributed by atoms with Gasteiger partial charge in [0.1, 0.15) is 5.54 Å². The van der Waals surface area contributed by atoms with Crippen LogP contribution in [0.15, 0.2) is 28.7 Å². The molecule has 1 amide bonds. The fourth-order valence-corrected chi connectivity index (χ4v) is 2.21. The van der Waals surface area contributed by atoms with Gasteiger partial charge in [-0.15, -0.1) is 0 Å². The Morgan fingerprint density at radius 1 is 1.39 bits per heavy atom. The van der Waals surface area contributed by atoms with Crippen molar-refractivity contribution in [2.45, 2.75) is 26.3 Å². The average Bonchev–Trinajstić information content (AvgIpc) is 2.27. The molecule has 0 aliphatic heterocycles. The molecule has 18 heavy (non-hydrogen) atoms. The largest absolute Gasteiger partial charge is 0.344 e. The number of hydrogen-bond acceptors (Lipinski definition) is 2. The van der Waals surface area contributed by atoms with Crippen LogP contribution in [0.25, 0.3) is 0 Å². The number of carbonyl (C=O) groups excluding carboxylic acids is 1. The highest BCUT2D eigenvalue weighted by molar-refractivity contribution is 9.10. The summed E-state index contributed by atoms with van der Waals surface area (Å²) >= 11 is 3.37. The molecule has 0 radical (unpaired) electrons. The maximum atomic E-state index is 12.4. The number of likely N-dealkylation sites (N-methyl/N-ethyl adjacent to an activating group) is 1. The van der Waals surface area contributed by atoms with Crippen LogP contribution in [0.2, 0.25) is 0 Å². The van der Waals surface area contributed by atoms with Gasteiger partial charge >= 0.3 is 0 Å². The second kappa shape index (κ2) is 5.85. The maximum Gasteiger partial charge on any atom is 0.246 e. The van der Waals surface area contributed by atoms with Crippen molar-refractivity contribution in [2.24, 2.45) is 11.7 Å². The molecule has 1 unspecified atom stereocenters. The third kappa shape index (κ3) is 3.56. The third-order valence-electron chi connectivity index (χ3n) is 2.87. The predicted molar refractivity (Wildman–Crippen MR) is 78.2 cm³/mol. The molecule has 2 N–H and O–H groups in total. The van der Waals surface area contributed by atoms with Gasteiger partial charge in [-0.25, -0.2) is 0 Å². The van der Waals surface area contributed by atoms with Gasteiger partial charge in [0.2, 0.25) is 5.91 Å². The standard InChI is InChI=1S/C14H21BrN2O/c1-10(2)9-17(4)13(18)14(3,16)11-5-7-12(15)8-6-11/h5-8,10H,9,16H2,1-4H3. The molecule has 0 aromatic heterocycles. The van der Waals surface area contributed by atoms with Crippen molar-refractivity contribution in [1.82, 2.24) is 4.90 Å². The van der Waals surface area contributed by atoms with E-state index in [1.54, 1.807) is 18.9 Å². The van der Waals surface area contributed by atoms with E-state index in [4.69, 9.17) is 5.73 Å². The van der Waals surface area contributed by atoms with E-state index in [2.05, 4.69) is 29.8 Å². The lowest BCUT2D eigenvalue weighted by molar-refractivity contribution is -0.135. The van der Waals surface area contributed by atoms with Crippen LogP contribution in [-0.4, -0.2) is 24.4 Å². The van der Waals surface area contributed by atoms with Crippen molar-refractivity contribution in [3.8, 4) is 0 Å². The minimum Gasteiger partial charge on any atom is -0.344 e. The molecule has 0 aliphatic carbocycles. The highest BCUT2D eigenvalue weighted by Gasteiger charge is 2.33. The van der Waals surface area contributed by atoms with Crippen LogP contribution >= 0.6 is 15.9 Å². The molecule has 1 atom stereocenters. The second-order valence-electron chi connectivity index (χ2n) is 5.29. The highest BCUT2D eigenvalue weighted by Crippen LogP contribution is 2.22. The summed E-state index contributed by atoms with van der Waals surface area (Å²) in [6.07, 6.45) is 0. The van der Waals surface area contributed by atoms with Gasteiger partial charge in [-0.2, -0.15) is 0 Å². The number of halogens is 1. The summed E-state index contributed by atoms with van der Waals surface area (Å²) in [7, 11) is 1.80. The molecule has 0 fully saturated rings. The predicted octanol–water partition coefficient (Wildman–Crippen LogP) is 2.74. The number of amides is 1. The van der Waals surface area contributed by atoms with E-state index in [0.29, 0.717) is 12.5 Å². The van der Waals surface area contributed by atoms with Crippen LogP contribution in [0.4, 0.5) is 0 Å². The van der Waals surface area contributed by atoms with E-state index >= 15 is 0 Å². The Balaban J connectivity index is 2.91. The number of rotatable bonds is 4. The Morgan fingerprint density at radius 3 is 2.33 bits per heavy atom. The number of carbonyl (C=O) groups is 1. The third-order valence-corrected chi connectivity index (χ3v) is 3.40. The summed E-state index contributed by atoms with van der Waals surface area (Å²) in [6, 6.07) is 7.56. The lowest BCUT2D eigenvalue weighted by Crippen LogP contribution is -2.50. The van der Waals surface area contributed by atoms with E-state index in [1.807, 2.05) is 24.3 Å². The quantitative estimate of drug-likeness (QED) is 0.929. The van der Waals surface area contributed by atoms with Crippen molar-refractivity contribution in [2.75, 3.05) is 13.6 Å².